The summed E-state index contributed by atoms with van der Waals surface area (Å²) in [6.07, 6.45) is 0. The number of aryl methyl sites for hydroxylation is 1. The number of anilines is 2. The first-order chi connectivity index (χ1) is 13.5. The van der Waals surface area contributed by atoms with Crippen molar-refractivity contribution in [1.29, 1.82) is 0 Å². The molecule has 3 aromatic rings. The minimum atomic E-state index is -0.304. The highest BCUT2D eigenvalue weighted by Crippen LogP contribution is 2.18. The lowest BCUT2D eigenvalue weighted by Gasteiger charge is -2.09. The van der Waals surface area contributed by atoms with E-state index in [1.165, 1.54) is 11.3 Å². The topological polar surface area (TPSA) is 102 Å². The fraction of sp³-hybridized carbons (Fsp3) is 0.158. The van der Waals surface area contributed by atoms with Gasteiger partial charge in [-0.3, -0.25) is 14.9 Å². The molecule has 2 aromatic carbocycles. The van der Waals surface area contributed by atoms with Crippen LogP contribution in [0.3, 0.4) is 0 Å². The first kappa shape index (κ1) is 19.3. The smallest absolute Gasteiger partial charge is 0.262 e. The molecule has 0 aliphatic heterocycles. The zero-order valence-corrected chi connectivity index (χ0v) is 16.1. The van der Waals surface area contributed by atoms with E-state index in [0.717, 1.165) is 5.01 Å². The molecule has 1 heterocycles. The molecule has 3 rings (SSSR count). The van der Waals surface area contributed by atoms with E-state index >= 15 is 0 Å². The van der Waals surface area contributed by atoms with E-state index in [4.69, 9.17) is 9.47 Å². The summed E-state index contributed by atoms with van der Waals surface area (Å²) in [5, 5.41) is 14.3. The molecule has 0 aliphatic carbocycles. The molecule has 0 atom stereocenters. The highest BCUT2D eigenvalue weighted by atomic mass is 32.1. The summed E-state index contributed by atoms with van der Waals surface area (Å²) in [6, 6.07) is 13.5. The van der Waals surface area contributed by atoms with Crippen LogP contribution in [-0.2, 0) is 4.79 Å². The maximum absolute atomic E-state index is 12.2. The molecule has 9 heteroatoms. The van der Waals surface area contributed by atoms with Gasteiger partial charge in [0.15, 0.2) is 6.61 Å². The number of nitrogens with one attached hydrogen (secondary N) is 2. The zero-order chi connectivity index (χ0) is 19.9. The molecular weight excluding hydrogens is 380 g/mol. The largest absolute Gasteiger partial charge is 0.497 e. The molecule has 0 saturated carbocycles. The predicted molar refractivity (Wildman–Crippen MR) is 106 cm³/mol. The number of carbonyl (C=O) groups is 2. The molecule has 1 aromatic heterocycles. The van der Waals surface area contributed by atoms with Crippen molar-refractivity contribution >= 4 is 34.0 Å². The summed E-state index contributed by atoms with van der Waals surface area (Å²) in [5.41, 5.74) is 1.06. The third-order valence-corrected chi connectivity index (χ3v) is 4.34. The zero-order valence-electron chi connectivity index (χ0n) is 15.3. The van der Waals surface area contributed by atoms with Gasteiger partial charge >= 0.3 is 0 Å². The minimum absolute atomic E-state index is 0.160. The molecule has 0 saturated heterocycles. The Balaban J connectivity index is 1.51. The average molecular weight is 398 g/mol. The van der Waals surface area contributed by atoms with Gasteiger partial charge < -0.3 is 14.8 Å². The SMILES string of the molecule is COc1cccc(NC(=O)COc2ccc(C(=O)Nc3nnc(C)s3)cc2)c1. The normalized spacial score (nSPS) is 10.2. The number of hydrogen-bond acceptors (Lipinski definition) is 7. The number of nitrogens with zero attached hydrogens (tertiary/aromatic N) is 2. The van der Waals surface area contributed by atoms with Gasteiger partial charge in [0.25, 0.3) is 11.8 Å². The summed E-state index contributed by atoms with van der Waals surface area (Å²) in [6.45, 7) is 1.65. The van der Waals surface area contributed by atoms with Crippen molar-refractivity contribution in [3.8, 4) is 11.5 Å². The highest BCUT2D eigenvalue weighted by molar-refractivity contribution is 7.15. The Morgan fingerprint density at radius 2 is 1.82 bits per heavy atom. The molecule has 2 N–H and O–H groups in total. The maximum atomic E-state index is 12.2. The van der Waals surface area contributed by atoms with Gasteiger partial charge in [0.1, 0.15) is 16.5 Å². The molecule has 0 unspecified atom stereocenters. The van der Waals surface area contributed by atoms with Crippen LogP contribution in [0.4, 0.5) is 10.8 Å². The molecule has 144 valence electrons. The van der Waals surface area contributed by atoms with E-state index in [1.807, 2.05) is 6.92 Å². The quantitative estimate of drug-likeness (QED) is 0.634. The van der Waals surface area contributed by atoms with Crippen molar-refractivity contribution in [1.82, 2.24) is 10.2 Å². The number of rotatable bonds is 7. The van der Waals surface area contributed by atoms with Gasteiger partial charge in [-0.15, -0.1) is 10.2 Å². The summed E-state index contributed by atoms with van der Waals surface area (Å²) in [7, 11) is 1.56. The van der Waals surface area contributed by atoms with E-state index in [2.05, 4.69) is 20.8 Å². The van der Waals surface area contributed by atoms with Gasteiger partial charge in [-0.2, -0.15) is 0 Å². The number of benzene rings is 2. The molecule has 8 nitrogen and oxygen atoms in total. The highest BCUT2D eigenvalue weighted by Gasteiger charge is 2.10. The summed E-state index contributed by atoms with van der Waals surface area (Å²) in [5.74, 6) is 0.528. The Bertz CT molecular complexity index is 972. The Morgan fingerprint density at radius 3 is 2.50 bits per heavy atom. The molecule has 2 amide bonds. The van der Waals surface area contributed by atoms with Crippen LogP contribution in [0.1, 0.15) is 15.4 Å². The van der Waals surface area contributed by atoms with Crippen molar-refractivity contribution < 1.29 is 19.1 Å². The van der Waals surface area contributed by atoms with Crippen LogP contribution in [0.25, 0.3) is 0 Å². The average Bonchev–Trinajstić information content (AvgIpc) is 3.11. The van der Waals surface area contributed by atoms with Gasteiger partial charge in [-0.05, 0) is 43.3 Å². The fourth-order valence-corrected chi connectivity index (χ4v) is 2.85. The Kier molecular flexibility index (Phi) is 6.18. The van der Waals surface area contributed by atoms with Crippen LogP contribution in [0.2, 0.25) is 0 Å². The molecule has 0 aliphatic rings. The van der Waals surface area contributed by atoms with E-state index in [-0.39, 0.29) is 18.4 Å². The Labute approximate surface area is 165 Å². The van der Waals surface area contributed by atoms with E-state index in [1.54, 1.807) is 55.6 Å². The fourth-order valence-electron chi connectivity index (χ4n) is 2.27. The predicted octanol–water partition coefficient (Wildman–Crippen LogP) is 3.12. The standard InChI is InChI=1S/C19H18N4O4S/c1-12-22-23-19(28-12)21-18(25)13-6-8-15(9-7-13)27-11-17(24)20-14-4-3-5-16(10-14)26-2/h3-10H,11H2,1-2H3,(H,20,24)(H,21,23,25). The lowest BCUT2D eigenvalue weighted by Crippen LogP contribution is -2.20. The van der Waals surface area contributed by atoms with Gasteiger partial charge in [-0.1, -0.05) is 17.4 Å². The minimum Gasteiger partial charge on any atom is -0.497 e. The lowest BCUT2D eigenvalue weighted by molar-refractivity contribution is -0.118. The van der Waals surface area contributed by atoms with Gasteiger partial charge in [0.05, 0.1) is 7.11 Å². The number of methoxy groups -OCH3 is 1. The number of carbonyl (C=O) groups excluding carboxylic acids is 2. The summed E-state index contributed by atoms with van der Waals surface area (Å²) in [4.78, 5) is 24.2. The molecule has 28 heavy (non-hydrogen) atoms. The van der Waals surface area contributed by atoms with Crippen molar-refractivity contribution in [2.45, 2.75) is 6.92 Å². The van der Waals surface area contributed by atoms with Crippen LogP contribution in [0.5, 0.6) is 11.5 Å². The molecule has 0 bridgehead atoms. The third kappa shape index (κ3) is 5.27. The second-order valence-corrected chi connectivity index (χ2v) is 6.86. The molecule has 0 fully saturated rings. The van der Waals surface area contributed by atoms with Crippen molar-refractivity contribution in [3.05, 3.63) is 59.1 Å². The van der Waals surface area contributed by atoms with E-state index in [0.29, 0.717) is 27.9 Å². The third-order valence-electron chi connectivity index (χ3n) is 3.59. The van der Waals surface area contributed by atoms with Crippen molar-refractivity contribution in [3.63, 3.8) is 0 Å². The van der Waals surface area contributed by atoms with Crippen LogP contribution in [-0.4, -0.2) is 35.7 Å². The van der Waals surface area contributed by atoms with E-state index in [9.17, 15) is 9.59 Å². The molecular formula is C19H18N4O4S. The second-order valence-electron chi connectivity index (χ2n) is 5.67. The first-order valence-electron chi connectivity index (χ1n) is 8.32. The van der Waals surface area contributed by atoms with E-state index < -0.39 is 0 Å². The second kappa shape index (κ2) is 8.96. The Morgan fingerprint density at radius 1 is 1.04 bits per heavy atom. The van der Waals surface area contributed by atoms with Crippen LogP contribution >= 0.6 is 11.3 Å². The van der Waals surface area contributed by atoms with Crippen molar-refractivity contribution in [2.24, 2.45) is 0 Å². The van der Waals surface area contributed by atoms with Crippen LogP contribution in [0, 0.1) is 6.92 Å². The Hall–Kier alpha value is -3.46. The summed E-state index contributed by atoms with van der Waals surface area (Å²) >= 11 is 1.30. The maximum Gasteiger partial charge on any atom is 0.262 e. The van der Waals surface area contributed by atoms with Gasteiger partial charge in [0.2, 0.25) is 5.13 Å². The molecule has 0 spiro atoms. The number of hydrogen-bond donors (Lipinski definition) is 2. The first-order valence-corrected chi connectivity index (χ1v) is 9.13. The number of aromatic nitrogens is 2. The number of amides is 2. The number of ether oxygens (including phenoxy) is 2. The lowest BCUT2D eigenvalue weighted by atomic mass is 10.2. The van der Waals surface area contributed by atoms with Crippen LogP contribution in [0.15, 0.2) is 48.5 Å². The molecule has 0 radical (unpaired) electrons. The monoisotopic (exact) mass is 398 g/mol. The van der Waals surface area contributed by atoms with Crippen LogP contribution < -0.4 is 20.1 Å². The summed E-state index contributed by atoms with van der Waals surface area (Å²) < 4.78 is 10.6. The van der Waals surface area contributed by atoms with Crippen molar-refractivity contribution in [2.75, 3.05) is 24.4 Å². The van der Waals surface area contributed by atoms with Gasteiger partial charge in [0, 0.05) is 17.3 Å². The van der Waals surface area contributed by atoms with Gasteiger partial charge in [-0.25, -0.2) is 0 Å².